The molecular formula is C7H14N2. The van der Waals surface area contributed by atoms with Gasteiger partial charge in [0.15, 0.2) is 0 Å². The molecule has 1 aliphatic rings. The average molecular weight is 126 g/mol. The second kappa shape index (κ2) is 2.87. The van der Waals surface area contributed by atoms with Crippen LogP contribution < -0.4 is 5.32 Å². The smallest absolute Gasteiger partial charge is 0.0372 e. The summed E-state index contributed by atoms with van der Waals surface area (Å²) in [4.78, 5) is 2.28. The summed E-state index contributed by atoms with van der Waals surface area (Å²) in [6, 6.07) is 0. The second-order valence-electron chi connectivity index (χ2n) is 2.62. The van der Waals surface area contributed by atoms with Gasteiger partial charge in [-0.25, -0.2) is 0 Å². The van der Waals surface area contributed by atoms with Gasteiger partial charge in [0.1, 0.15) is 0 Å². The third-order valence-electron chi connectivity index (χ3n) is 1.55. The van der Waals surface area contributed by atoms with E-state index in [9.17, 15) is 0 Å². The minimum absolute atomic E-state index is 1.00. The Balaban J connectivity index is 2.37. The Kier molecular flexibility index (Phi) is 2.11. The highest BCUT2D eigenvalue weighted by molar-refractivity contribution is 4.95. The molecule has 1 rings (SSSR count). The number of nitrogens with zero attached hydrogens (tertiary/aromatic N) is 1. The lowest BCUT2D eigenvalue weighted by atomic mass is 10.4. The Bertz CT molecular complexity index is 109. The van der Waals surface area contributed by atoms with E-state index in [2.05, 4.69) is 23.8 Å². The lowest BCUT2D eigenvalue weighted by molar-refractivity contribution is 0.373. The summed E-state index contributed by atoms with van der Waals surface area (Å²) >= 11 is 0. The maximum atomic E-state index is 3.87. The van der Waals surface area contributed by atoms with Crippen molar-refractivity contribution in [2.75, 3.05) is 26.7 Å². The highest BCUT2D eigenvalue weighted by atomic mass is 15.1. The summed E-state index contributed by atoms with van der Waals surface area (Å²) in [5.41, 5.74) is 1.15. The van der Waals surface area contributed by atoms with Gasteiger partial charge in [0.2, 0.25) is 0 Å². The van der Waals surface area contributed by atoms with Gasteiger partial charge in [0.05, 0.1) is 0 Å². The van der Waals surface area contributed by atoms with Crippen LogP contribution in [-0.2, 0) is 0 Å². The predicted octanol–water partition coefficient (Wildman–Crippen LogP) is 0.425. The maximum absolute atomic E-state index is 3.87. The molecule has 1 fully saturated rings. The molecule has 1 heterocycles. The maximum Gasteiger partial charge on any atom is 0.0372 e. The third kappa shape index (κ3) is 2.06. The molecule has 0 aromatic rings. The standard InChI is InChI=1S/C7H14N2/c1-7-6-9(2)5-3-4-8-7/h8H,1,3-6H2,2H3. The van der Waals surface area contributed by atoms with E-state index >= 15 is 0 Å². The molecule has 52 valence electrons. The zero-order valence-electron chi connectivity index (χ0n) is 5.98. The molecular weight excluding hydrogens is 112 g/mol. The van der Waals surface area contributed by atoms with E-state index in [0.717, 1.165) is 18.8 Å². The number of hydrogen-bond acceptors (Lipinski definition) is 2. The second-order valence-corrected chi connectivity index (χ2v) is 2.62. The molecule has 0 aromatic heterocycles. The highest BCUT2D eigenvalue weighted by Crippen LogP contribution is 1.96. The number of hydrogen-bond donors (Lipinski definition) is 1. The van der Waals surface area contributed by atoms with Gasteiger partial charge in [-0.3, -0.25) is 0 Å². The van der Waals surface area contributed by atoms with Gasteiger partial charge in [-0.05, 0) is 20.0 Å². The number of rotatable bonds is 0. The molecule has 1 N–H and O–H groups in total. The first-order valence-corrected chi connectivity index (χ1v) is 3.39. The molecule has 9 heavy (non-hydrogen) atoms. The normalized spacial score (nSPS) is 23.0. The van der Waals surface area contributed by atoms with Crippen LogP contribution in [0.4, 0.5) is 0 Å². The molecule has 0 unspecified atom stereocenters. The third-order valence-corrected chi connectivity index (χ3v) is 1.55. The fraction of sp³-hybridized carbons (Fsp3) is 0.714. The molecule has 0 aliphatic carbocycles. The van der Waals surface area contributed by atoms with Crippen molar-refractivity contribution in [3.8, 4) is 0 Å². The molecule has 0 bridgehead atoms. The summed E-state index contributed by atoms with van der Waals surface area (Å²) in [5.74, 6) is 0. The fourth-order valence-electron chi connectivity index (χ4n) is 1.07. The molecule has 0 spiro atoms. The van der Waals surface area contributed by atoms with Crippen LogP contribution in [0.25, 0.3) is 0 Å². The molecule has 2 heteroatoms. The van der Waals surface area contributed by atoms with Gasteiger partial charge in [0, 0.05) is 18.8 Å². The van der Waals surface area contributed by atoms with Crippen molar-refractivity contribution in [3.63, 3.8) is 0 Å². The predicted molar refractivity (Wildman–Crippen MR) is 39.3 cm³/mol. The van der Waals surface area contributed by atoms with Crippen LogP contribution in [0.3, 0.4) is 0 Å². The Morgan fingerprint density at radius 2 is 2.44 bits per heavy atom. The van der Waals surface area contributed by atoms with E-state index in [1.54, 1.807) is 0 Å². The molecule has 0 amide bonds. The van der Waals surface area contributed by atoms with E-state index in [-0.39, 0.29) is 0 Å². The largest absolute Gasteiger partial charge is 0.388 e. The lowest BCUT2D eigenvalue weighted by Gasteiger charge is -2.11. The average Bonchev–Trinajstić information content (AvgIpc) is 1.93. The zero-order chi connectivity index (χ0) is 6.69. The van der Waals surface area contributed by atoms with E-state index < -0.39 is 0 Å². The molecule has 2 nitrogen and oxygen atoms in total. The van der Waals surface area contributed by atoms with Gasteiger partial charge >= 0.3 is 0 Å². The Morgan fingerprint density at radius 3 is 3.22 bits per heavy atom. The quantitative estimate of drug-likeness (QED) is 0.506. The number of likely N-dealkylation sites (N-methyl/N-ethyl adjacent to an activating group) is 1. The number of nitrogens with one attached hydrogen (secondary N) is 1. The summed E-state index contributed by atoms with van der Waals surface area (Å²) in [6.45, 7) is 7.14. The van der Waals surface area contributed by atoms with Crippen LogP contribution in [0.1, 0.15) is 6.42 Å². The molecule has 0 radical (unpaired) electrons. The van der Waals surface area contributed by atoms with Crippen LogP contribution in [0.2, 0.25) is 0 Å². The van der Waals surface area contributed by atoms with Gasteiger partial charge in [-0.1, -0.05) is 6.58 Å². The first-order chi connectivity index (χ1) is 4.29. The monoisotopic (exact) mass is 126 g/mol. The molecule has 0 saturated carbocycles. The minimum atomic E-state index is 1.00. The summed E-state index contributed by atoms with van der Waals surface area (Å²) in [5, 5.41) is 3.24. The van der Waals surface area contributed by atoms with E-state index in [1.807, 2.05) is 0 Å². The van der Waals surface area contributed by atoms with Gasteiger partial charge in [-0.15, -0.1) is 0 Å². The van der Waals surface area contributed by atoms with Crippen molar-refractivity contribution >= 4 is 0 Å². The summed E-state index contributed by atoms with van der Waals surface area (Å²) < 4.78 is 0. The minimum Gasteiger partial charge on any atom is -0.388 e. The van der Waals surface area contributed by atoms with Gasteiger partial charge < -0.3 is 10.2 Å². The SMILES string of the molecule is C=C1CN(C)CCCN1. The van der Waals surface area contributed by atoms with Gasteiger partial charge in [-0.2, -0.15) is 0 Å². The first kappa shape index (κ1) is 6.62. The topological polar surface area (TPSA) is 15.3 Å². The Morgan fingerprint density at radius 1 is 1.67 bits per heavy atom. The Labute approximate surface area is 56.5 Å². The highest BCUT2D eigenvalue weighted by Gasteiger charge is 2.04. The van der Waals surface area contributed by atoms with Crippen molar-refractivity contribution in [1.29, 1.82) is 0 Å². The molecule has 0 atom stereocenters. The lowest BCUT2D eigenvalue weighted by Crippen LogP contribution is -2.21. The van der Waals surface area contributed by atoms with E-state index in [4.69, 9.17) is 0 Å². The van der Waals surface area contributed by atoms with Gasteiger partial charge in [0.25, 0.3) is 0 Å². The van der Waals surface area contributed by atoms with Crippen LogP contribution in [-0.4, -0.2) is 31.6 Å². The van der Waals surface area contributed by atoms with Crippen LogP contribution in [0, 0.1) is 0 Å². The summed E-state index contributed by atoms with van der Waals surface area (Å²) in [6.07, 6.45) is 1.23. The van der Waals surface area contributed by atoms with Crippen molar-refractivity contribution in [3.05, 3.63) is 12.3 Å². The van der Waals surface area contributed by atoms with Crippen LogP contribution >= 0.6 is 0 Å². The fourth-order valence-corrected chi connectivity index (χ4v) is 1.07. The van der Waals surface area contributed by atoms with E-state index in [0.29, 0.717) is 0 Å². The van der Waals surface area contributed by atoms with Crippen LogP contribution in [0.15, 0.2) is 12.3 Å². The molecule has 1 saturated heterocycles. The van der Waals surface area contributed by atoms with Crippen molar-refractivity contribution < 1.29 is 0 Å². The van der Waals surface area contributed by atoms with Crippen molar-refractivity contribution in [2.24, 2.45) is 0 Å². The first-order valence-electron chi connectivity index (χ1n) is 3.39. The Hall–Kier alpha value is -0.500. The molecule has 1 aliphatic heterocycles. The summed E-state index contributed by atoms with van der Waals surface area (Å²) in [7, 11) is 2.12. The van der Waals surface area contributed by atoms with Crippen molar-refractivity contribution in [2.45, 2.75) is 6.42 Å². The van der Waals surface area contributed by atoms with E-state index in [1.165, 1.54) is 13.0 Å². The van der Waals surface area contributed by atoms with Crippen LogP contribution in [0.5, 0.6) is 0 Å². The van der Waals surface area contributed by atoms with Crippen molar-refractivity contribution in [1.82, 2.24) is 10.2 Å². The zero-order valence-corrected chi connectivity index (χ0v) is 5.98. The molecule has 0 aromatic carbocycles.